The van der Waals surface area contributed by atoms with Crippen molar-refractivity contribution in [3.8, 4) is 0 Å². The standard InChI is InChI=1S/C31H36N4O/c36-24-33-31-9-5-21-35(31)30-18-15-27(16-19-30)23-34(29-7-2-1-3-8-29)22-26-12-10-25(11-13-26)14-17-28-6-4-20-32-28/h1-3,7-8,10-19,24,28,31-32H,4-6,9,20-23H2,(H,33,36)/b17-14+/t28-,31-/m0/s1. The lowest BCUT2D eigenvalue weighted by atomic mass is 10.1. The Morgan fingerprint density at radius 1 is 0.889 bits per heavy atom. The molecule has 0 aliphatic carbocycles. The van der Waals surface area contributed by atoms with Gasteiger partial charge >= 0.3 is 0 Å². The van der Waals surface area contributed by atoms with Gasteiger partial charge in [-0.25, -0.2) is 0 Å². The minimum atomic E-state index is 0.0985. The third-order valence-corrected chi connectivity index (χ3v) is 7.25. The number of anilines is 2. The van der Waals surface area contributed by atoms with Crippen LogP contribution >= 0.6 is 0 Å². The topological polar surface area (TPSA) is 47.6 Å². The molecule has 0 saturated carbocycles. The highest BCUT2D eigenvalue weighted by molar-refractivity contribution is 5.55. The summed E-state index contributed by atoms with van der Waals surface area (Å²) < 4.78 is 0. The Hall–Kier alpha value is -3.57. The Bertz CT molecular complexity index is 1120. The number of hydrogen-bond acceptors (Lipinski definition) is 4. The number of nitrogens with zero attached hydrogens (tertiary/aromatic N) is 2. The van der Waals surface area contributed by atoms with Gasteiger partial charge in [0.15, 0.2) is 0 Å². The molecule has 36 heavy (non-hydrogen) atoms. The van der Waals surface area contributed by atoms with Crippen molar-refractivity contribution in [3.05, 3.63) is 102 Å². The number of rotatable bonds is 10. The van der Waals surface area contributed by atoms with Crippen molar-refractivity contribution < 1.29 is 4.79 Å². The molecule has 2 aliphatic rings. The van der Waals surface area contributed by atoms with Gasteiger partial charge in [0, 0.05) is 37.1 Å². The molecule has 3 aromatic carbocycles. The van der Waals surface area contributed by atoms with E-state index in [-0.39, 0.29) is 6.17 Å². The largest absolute Gasteiger partial charge is 0.363 e. The molecule has 5 heteroatoms. The zero-order valence-corrected chi connectivity index (χ0v) is 20.9. The van der Waals surface area contributed by atoms with E-state index in [1.54, 1.807) is 0 Å². The van der Waals surface area contributed by atoms with Crippen molar-refractivity contribution in [2.24, 2.45) is 0 Å². The van der Waals surface area contributed by atoms with Gasteiger partial charge in [-0.1, -0.05) is 66.7 Å². The van der Waals surface area contributed by atoms with Gasteiger partial charge in [0.05, 0.1) is 0 Å². The van der Waals surface area contributed by atoms with Crippen molar-refractivity contribution in [2.75, 3.05) is 22.9 Å². The maximum Gasteiger partial charge on any atom is 0.208 e. The lowest BCUT2D eigenvalue weighted by Crippen LogP contribution is -2.40. The summed E-state index contributed by atoms with van der Waals surface area (Å²) in [5.74, 6) is 0. The van der Waals surface area contributed by atoms with E-state index in [2.05, 4.69) is 111 Å². The minimum absolute atomic E-state index is 0.0985. The van der Waals surface area contributed by atoms with Crippen LogP contribution in [0, 0.1) is 0 Å². The van der Waals surface area contributed by atoms with Crippen LogP contribution in [-0.2, 0) is 17.9 Å². The lowest BCUT2D eigenvalue weighted by molar-refractivity contribution is -0.110. The van der Waals surface area contributed by atoms with Crippen molar-refractivity contribution in [1.82, 2.24) is 10.6 Å². The highest BCUT2D eigenvalue weighted by atomic mass is 16.1. The van der Waals surface area contributed by atoms with E-state index in [1.165, 1.54) is 40.9 Å². The first-order valence-corrected chi connectivity index (χ1v) is 13.1. The fourth-order valence-corrected chi connectivity index (χ4v) is 5.28. The average molecular weight is 481 g/mol. The van der Waals surface area contributed by atoms with Crippen LogP contribution in [0.25, 0.3) is 6.08 Å². The molecule has 0 aromatic heterocycles. The SMILES string of the molecule is O=CN[C@@H]1CCCN1c1ccc(CN(Cc2ccc(/C=C/[C@@H]3CCCN3)cc2)c2ccccc2)cc1. The van der Waals surface area contributed by atoms with E-state index in [1.807, 2.05) is 0 Å². The van der Waals surface area contributed by atoms with Crippen LogP contribution in [0.1, 0.15) is 42.4 Å². The summed E-state index contributed by atoms with van der Waals surface area (Å²) >= 11 is 0. The molecule has 1 amide bonds. The summed E-state index contributed by atoms with van der Waals surface area (Å²) in [5.41, 5.74) is 6.20. The van der Waals surface area contributed by atoms with Gasteiger partial charge in [-0.2, -0.15) is 0 Å². The number of para-hydroxylation sites is 1. The van der Waals surface area contributed by atoms with Crippen molar-refractivity contribution in [2.45, 2.75) is 51.0 Å². The van der Waals surface area contributed by atoms with Gasteiger partial charge < -0.3 is 20.4 Å². The predicted molar refractivity (Wildman–Crippen MR) is 149 cm³/mol. The first kappa shape index (κ1) is 24.1. The summed E-state index contributed by atoms with van der Waals surface area (Å²) in [6.45, 7) is 3.78. The van der Waals surface area contributed by atoms with Crippen LogP contribution in [0.2, 0.25) is 0 Å². The average Bonchev–Trinajstić information content (AvgIpc) is 3.62. The molecule has 2 saturated heterocycles. The Kier molecular flexibility index (Phi) is 7.99. The predicted octanol–water partition coefficient (Wildman–Crippen LogP) is 5.33. The molecule has 2 fully saturated rings. The van der Waals surface area contributed by atoms with Gasteiger partial charge in [0.2, 0.25) is 6.41 Å². The first-order chi connectivity index (χ1) is 17.8. The van der Waals surface area contributed by atoms with Crippen molar-refractivity contribution >= 4 is 23.9 Å². The molecule has 2 heterocycles. The smallest absolute Gasteiger partial charge is 0.208 e. The molecule has 3 aromatic rings. The third-order valence-electron chi connectivity index (χ3n) is 7.25. The summed E-state index contributed by atoms with van der Waals surface area (Å²) in [7, 11) is 0. The fourth-order valence-electron chi connectivity index (χ4n) is 5.28. The summed E-state index contributed by atoms with van der Waals surface area (Å²) in [6, 6.07) is 28.9. The second kappa shape index (κ2) is 11.9. The van der Waals surface area contributed by atoms with E-state index in [0.29, 0.717) is 6.04 Å². The van der Waals surface area contributed by atoms with E-state index in [9.17, 15) is 4.79 Å². The van der Waals surface area contributed by atoms with E-state index in [4.69, 9.17) is 0 Å². The van der Waals surface area contributed by atoms with Crippen LogP contribution in [0.4, 0.5) is 11.4 Å². The molecule has 5 nitrogen and oxygen atoms in total. The van der Waals surface area contributed by atoms with Crippen LogP contribution < -0.4 is 20.4 Å². The Morgan fingerprint density at radius 3 is 2.28 bits per heavy atom. The highest BCUT2D eigenvalue weighted by Crippen LogP contribution is 2.26. The summed E-state index contributed by atoms with van der Waals surface area (Å²) in [6.07, 6.45) is 10.0. The first-order valence-electron chi connectivity index (χ1n) is 13.1. The maximum atomic E-state index is 11.0. The third kappa shape index (κ3) is 6.16. The fraction of sp³-hybridized carbons (Fsp3) is 0.323. The number of benzene rings is 3. The molecule has 0 radical (unpaired) electrons. The number of hydrogen-bond donors (Lipinski definition) is 2. The molecule has 2 N–H and O–H groups in total. The number of amides is 1. The lowest BCUT2D eigenvalue weighted by Gasteiger charge is -2.27. The second-order valence-corrected chi connectivity index (χ2v) is 9.80. The van der Waals surface area contributed by atoms with Gasteiger partial charge in [0.25, 0.3) is 0 Å². The monoisotopic (exact) mass is 480 g/mol. The van der Waals surface area contributed by atoms with Crippen LogP contribution in [0.15, 0.2) is 84.9 Å². The molecular weight excluding hydrogens is 444 g/mol. The van der Waals surface area contributed by atoms with Crippen molar-refractivity contribution in [3.63, 3.8) is 0 Å². The van der Waals surface area contributed by atoms with Gasteiger partial charge in [-0.05, 0) is 73.2 Å². The molecule has 186 valence electrons. The van der Waals surface area contributed by atoms with Gasteiger partial charge in [0.1, 0.15) is 6.17 Å². The summed E-state index contributed by atoms with van der Waals surface area (Å²) in [4.78, 5) is 15.7. The van der Waals surface area contributed by atoms with Crippen LogP contribution in [0.5, 0.6) is 0 Å². The van der Waals surface area contributed by atoms with Crippen molar-refractivity contribution in [1.29, 1.82) is 0 Å². The van der Waals surface area contributed by atoms with Gasteiger partial charge in [-0.15, -0.1) is 0 Å². The highest BCUT2D eigenvalue weighted by Gasteiger charge is 2.24. The van der Waals surface area contributed by atoms with E-state index >= 15 is 0 Å². The number of nitrogens with one attached hydrogen (secondary N) is 2. The Labute approximate surface area is 214 Å². The van der Waals surface area contributed by atoms with E-state index in [0.717, 1.165) is 45.4 Å². The zero-order valence-electron chi connectivity index (χ0n) is 20.9. The van der Waals surface area contributed by atoms with Crippen LogP contribution in [0.3, 0.4) is 0 Å². The zero-order chi connectivity index (χ0) is 24.6. The molecular formula is C31H36N4O. The molecule has 2 aliphatic heterocycles. The Balaban J connectivity index is 1.27. The quantitative estimate of drug-likeness (QED) is 0.385. The molecule has 2 atom stereocenters. The van der Waals surface area contributed by atoms with E-state index < -0.39 is 0 Å². The maximum absolute atomic E-state index is 11.0. The molecule has 5 rings (SSSR count). The molecule has 0 bridgehead atoms. The van der Waals surface area contributed by atoms with Gasteiger partial charge in [-0.3, -0.25) is 4.79 Å². The second-order valence-electron chi connectivity index (χ2n) is 9.80. The normalized spacial score (nSPS) is 19.6. The Morgan fingerprint density at radius 2 is 1.61 bits per heavy atom. The number of carbonyl (C=O) groups excluding carboxylic acids is 1. The summed E-state index contributed by atoms with van der Waals surface area (Å²) in [5, 5.41) is 6.46. The molecule has 0 spiro atoms. The molecule has 0 unspecified atom stereocenters. The van der Waals surface area contributed by atoms with Crippen LogP contribution in [-0.4, -0.2) is 31.7 Å². The minimum Gasteiger partial charge on any atom is -0.363 e. The number of carbonyl (C=O) groups is 1.